The van der Waals surface area contributed by atoms with Crippen LogP contribution in [0.5, 0.6) is 0 Å². The van der Waals surface area contributed by atoms with Gasteiger partial charge in [-0.1, -0.05) is 6.07 Å². The van der Waals surface area contributed by atoms with Crippen molar-refractivity contribution in [1.29, 1.82) is 0 Å². The molecule has 90 valence electrons. The lowest BCUT2D eigenvalue weighted by Gasteiger charge is -2.02. The Morgan fingerprint density at radius 1 is 1.22 bits per heavy atom. The first kappa shape index (κ1) is 11.2. The van der Waals surface area contributed by atoms with Crippen molar-refractivity contribution in [2.24, 2.45) is 7.05 Å². The smallest absolute Gasteiger partial charge is 0.222 e. The summed E-state index contributed by atoms with van der Waals surface area (Å²) in [6.45, 7) is 0. The maximum absolute atomic E-state index is 5.77. The van der Waals surface area contributed by atoms with Crippen LogP contribution in [0.2, 0.25) is 5.28 Å². The van der Waals surface area contributed by atoms with Gasteiger partial charge in [0.25, 0.3) is 0 Å². The molecule has 3 rings (SSSR count). The Hall–Kier alpha value is -1.94. The first-order chi connectivity index (χ1) is 8.72. The van der Waals surface area contributed by atoms with Crippen LogP contribution in [0.25, 0.3) is 11.0 Å². The molecule has 0 fully saturated rings. The number of imidazole rings is 1. The van der Waals surface area contributed by atoms with Gasteiger partial charge in [0.2, 0.25) is 5.28 Å². The standard InChI is InChI=1S/C13H11ClN4/c1-18-8-16-11-7-9(2-3-12(11)18)6-10-4-5-15-13(14)17-10/h2-5,7-8H,6H2,1H3. The second kappa shape index (κ2) is 4.38. The van der Waals surface area contributed by atoms with Crippen LogP contribution in [-0.4, -0.2) is 19.5 Å². The zero-order valence-electron chi connectivity index (χ0n) is 9.84. The summed E-state index contributed by atoms with van der Waals surface area (Å²) in [5.41, 5.74) is 4.19. The maximum Gasteiger partial charge on any atom is 0.222 e. The van der Waals surface area contributed by atoms with Gasteiger partial charge in [0.15, 0.2) is 0 Å². The summed E-state index contributed by atoms with van der Waals surface area (Å²) < 4.78 is 2.00. The Labute approximate surface area is 109 Å². The molecular weight excluding hydrogens is 248 g/mol. The van der Waals surface area contributed by atoms with Crippen LogP contribution in [-0.2, 0) is 13.5 Å². The van der Waals surface area contributed by atoms with E-state index in [9.17, 15) is 0 Å². The predicted molar refractivity (Wildman–Crippen MR) is 70.6 cm³/mol. The van der Waals surface area contributed by atoms with Gasteiger partial charge >= 0.3 is 0 Å². The second-order valence-corrected chi connectivity index (χ2v) is 4.51. The minimum Gasteiger partial charge on any atom is -0.334 e. The van der Waals surface area contributed by atoms with Crippen molar-refractivity contribution in [2.45, 2.75) is 6.42 Å². The largest absolute Gasteiger partial charge is 0.334 e. The van der Waals surface area contributed by atoms with Crippen LogP contribution in [0.1, 0.15) is 11.3 Å². The Balaban J connectivity index is 1.95. The summed E-state index contributed by atoms with van der Waals surface area (Å²) in [4.78, 5) is 12.4. The van der Waals surface area contributed by atoms with Gasteiger partial charge < -0.3 is 4.57 Å². The minimum absolute atomic E-state index is 0.284. The molecule has 0 saturated carbocycles. The second-order valence-electron chi connectivity index (χ2n) is 4.17. The van der Waals surface area contributed by atoms with Crippen LogP contribution in [0.3, 0.4) is 0 Å². The summed E-state index contributed by atoms with van der Waals surface area (Å²) >= 11 is 5.77. The molecule has 3 aromatic rings. The number of rotatable bonds is 2. The average molecular weight is 259 g/mol. The van der Waals surface area contributed by atoms with Crippen molar-refractivity contribution in [3.8, 4) is 0 Å². The van der Waals surface area contributed by atoms with Crippen molar-refractivity contribution < 1.29 is 0 Å². The molecule has 4 nitrogen and oxygen atoms in total. The summed E-state index contributed by atoms with van der Waals surface area (Å²) in [7, 11) is 1.99. The number of hydrogen-bond acceptors (Lipinski definition) is 3. The number of hydrogen-bond donors (Lipinski definition) is 0. The molecule has 0 saturated heterocycles. The molecule has 5 heteroatoms. The van der Waals surface area contributed by atoms with Gasteiger partial charge in [-0.05, 0) is 35.4 Å². The first-order valence-corrected chi connectivity index (χ1v) is 5.97. The Morgan fingerprint density at radius 2 is 2.11 bits per heavy atom. The number of aryl methyl sites for hydroxylation is 1. The maximum atomic E-state index is 5.77. The molecule has 0 aliphatic rings. The Bertz CT molecular complexity index is 705. The molecule has 0 atom stereocenters. The van der Waals surface area contributed by atoms with E-state index in [0.29, 0.717) is 0 Å². The van der Waals surface area contributed by atoms with E-state index < -0.39 is 0 Å². The summed E-state index contributed by atoms with van der Waals surface area (Å²) in [6, 6.07) is 8.10. The summed E-state index contributed by atoms with van der Waals surface area (Å²) in [5, 5.41) is 0.284. The number of fused-ring (bicyclic) bond motifs is 1. The van der Waals surface area contributed by atoms with E-state index in [4.69, 9.17) is 11.6 Å². The molecule has 0 aliphatic carbocycles. The highest BCUT2D eigenvalue weighted by Gasteiger charge is 2.03. The fourth-order valence-electron chi connectivity index (χ4n) is 1.97. The number of nitrogens with zero attached hydrogens (tertiary/aromatic N) is 4. The van der Waals surface area contributed by atoms with Gasteiger partial charge in [-0.15, -0.1) is 0 Å². The van der Waals surface area contributed by atoms with E-state index in [0.717, 1.165) is 28.7 Å². The third-order valence-electron chi connectivity index (χ3n) is 2.86. The predicted octanol–water partition coefficient (Wildman–Crippen LogP) is 2.61. The molecule has 1 aromatic carbocycles. The monoisotopic (exact) mass is 258 g/mol. The molecule has 0 bridgehead atoms. The molecular formula is C13H11ClN4. The minimum atomic E-state index is 0.284. The molecule has 0 aliphatic heterocycles. The van der Waals surface area contributed by atoms with E-state index >= 15 is 0 Å². The number of aromatic nitrogens is 4. The Morgan fingerprint density at radius 3 is 2.94 bits per heavy atom. The lowest BCUT2D eigenvalue weighted by atomic mass is 10.1. The highest BCUT2D eigenvalue weighted by molar-refractivity contribution is 6.28. The Kier molecular flexibility index (Phi) is 2.72. The zero-order valence-corrected chi connectivity index (χ0v) is 10.6. The quantitative estimate of drug-likeness (QED) is 0.664. The molecule has 0 spiro atoms. The van der Waals surface area contributed by atoms with Crippen LogP contribution in [0.4, 0.5) is 0 Å². The van der Waals surface area contributed by atoms with Crippen LogP contribution in [0, 0.1) is 0 Å². The highest BCUT2D eigenvalue weighted by atomic mass is 35.5. The van der Waals surface area contributed by atoms with E-state index in [1.165, 1.54) is 0 Å². The highest BCUT2D eigenvalue weighted by Crippen LogP contribution is 2.16. The van der Waals surface area contributed by atoms with Crippen LogP contribution < -0.4 is 0 Å². The van der Waals surface area contributed by atoms with Gasteiger partial charge in [0.05, 0.1) is 17.4 Å². The van der Waals surface area contributed by atoms with E-state index in [-0.39, 0.29) is 5.28 Å². The van der Waals surface area contributed by atoms with Gasteiger partial charge in [-0.2, -0.15) is 0 Å². The normalized spacial score (nSPS) is 11.0. The summed E-state index contributed by atoms with van der Waals surface area (Å²) in [6.07, 6.45) is 4.22. The van der Waals surface area contributed by atoms with E-state index in [1.807, 2.05) is 24.0 Å². The molecule has 0 radical (unpaired) electrons. The van der Waals surface area contributed by atoms with Crippen molar-refractivity contribution in [3.63, 3.8) is 0 Å². The van der Waals surface area contributed by atoms with Gasteiger partial charge in [-0.3, -0.25) is 0 Å². The van der Waals surface area contributed by atoms with E-state index in [1.54, 1.807) is 6.20 Å². The third kappa shape index (κ3) is 2.07. The third-order valence-corrected chi connectivity index (χ3v) is 3.04. The van der Waals surface area contributed by atoms with Crippen molar-refractivity contribution in [2.75, 3.05) is 0 Å². The van der Waals surface area contributed by atoms with Crippen LogP contribution >= 0.6 is 11.6 Å². The summed E-state index contributed by atoms with van der Waals surface area (Å²) in [5.74, 6) is 0. The number of benzene rings is 1. The van der Waals surface area contributed by atoms with Crippen LogP contribution in [0.15, 0.2) is 36.8 Å². The van der Waals surface area contributed by atoms with Crippen molar-refractivity contribution >= 4 is 22.6 Å². The lowest BCUT2D eigenvalue weighted by Crippen LogP contribution is -1.94. The van der Waals surface area contributed by atoms with Gasteiger partial charge in [0, 0.05) is 25.4 Å². The van der Waals surface area contributed by atoms with Gasteiger partial charge in [0.1, 0.15) is 0 Å². The fraction of sp³-hybridized carbons (Fsp3) is 0.154. The molecule has 2 heterocycles. The number of halogens is 1. The molecule has 0 N–H and O–H groups in total. The molecule has 0 unspecified atom stereocenters. The first-order valence-electron chi connectivity index (χ1n) is 5.60. The van der Waals surface area contributed by atoms with Crippen molar-refractivity contribution in [1.82, 2.24) is 19.5 Å². The average Bonchev–Trinajstić information content (AvgIpc) is 2.71. The van der Waals surface area contributed by atoms with Gasteiger partial charge in [-0.25, -0.2) is 15.0 Å². The fourth-order valence-corrected chi connectivity index (χ4v) is 2.13. The molecule has 2 aromatic heterocycles. The SMILES string of the molecule is Cn1cnc2cc(Cc3ccnc(Cl)n3)ccc21. The molecule has 18 heavy (non-hydrogen) atoms. The zero-order chi connectivity index (χ0) is 12.5. The topological polar surface area (TPSA) is 43.6 Å². The van der Waals surface area contributed by atoms with E-state index in [2.05, 4.69) is 33.2 Å². The molecule has 0 amide bonds. The lowest BCUT2D eigenvalue weighted by molar-refractivity contribution is 0.947. The van der Waals surface area contributed by atoms with Crippen molar-refractivity contribution in [3.05, 3.63) is 53.3 Å².